The Morgan fingerprint density at radius 2 is 1.80 bits per heavy atom. The molecule has 2 aromatic rings. The minimum Gasteiger partial charge on any atom is -0.486 e. The number of carbonyl (C=O) groups excluding carboxylic acids is 1. The molecule has 0 aliphatic carbocycles. The van der Waals surface area contributed by atoms with Gasteiger partial charge >= 0.3 is 0 Å². The first-order chi connectivity index (χ1) is 14.6. The van der Waals surface area contributed by atoms with Crippen LogP contribution in [0.15, 0.2) is 29.4 Å². The molecule has 1 amide bonds. The molecule has 1 saturated heterocycles. The zero-order valence-electron chi connectivity index (χ0n) is 18.5. The van der Waals surface area contributed by atoms with Crippen molar-refractivity contribution in [1.29, 1.82) is 0 Å². The van der Waals surface area contributed by atoms with Gasteiger partial charge in [0.1, 0.15) is 12.4 Å². The third-order valence-electron chi connectivity index (χ3n) is 5.32. The SMILES string of the molecule is CCc1ccc(OCc2nnc(SCC(=O)N3CCCCCC3)n2CC(C)C)cc1. The van der Waals surface area contributed by atoms with Crippen LogP contribution in [0.3, 0.4) is 0 Å². The van der Waals surface area contributed by atoms with Gasteiger partial charge in [-0.3, -0.25) is 4.79 Å². The van der Waals surface area contributed by atoms with E-state index in [9.17, 15) is 4.79 Å². The summed E-state index contributed by atoms with van der Waals surface area (Å²) in [7, 11) is 0. The summed E-state index contributed by atoms with van der Waals surface area (Å²) in [5.41, 5.74) is 1.29. The van der Waals surface area contributed by atoms with Crippen LogP contribution >= 0.6 is 11.8 Å². The average molecular weight is 431 g/mol. The molecule has 7 heteroatoms. The van der Waals surface area contributed by atoms with E-state index in [2.05, 4.69) is 47.7 Å². The number of rotatable bonds is 9. The van der Waals surface area contributed by atoms with Gasteiger partial charge in [0.05, 0.1) is 5.75 Å². The molecule has 1 fully saturated rings. The minimum absolute atomic E-state index is 0.204. The van der Waals surface area contributed by atoms with Gasteiger partial charge in [0.25, 0.3) is 0 Å². The maximum Gasteiger partial charge on any atom is 0.233 e. The number of aromatic nitrogens is 3. The van der Waals surface area contributed by atoms with Crippen molar-refractivity contribution < 1.29 is 9.53 Å². The van der Waals surface area contributed by atoms with Crippen LogP contribution in [0.1, 0.15) is 57.8 Å². The predicted molar refractivity (Wildman–Crippen MR) is 121 cm³/mol. The highest BCUT2D eigenvalue weighted by molar-refractivity contribution is 7.99. The number of ether oxygens (including phenoxy) is 1. The van der Waals surface area contributed by atoms with Gasteiger partial charge in [0.2, 0.25) is 5.91 Å². The van der Waals surface area contributed by atoms with Gasteiger partial charge in [0, 0.05) is 19.6 Å². The molecule has 6 nitrogen and oxygen atoms in total. The molecular weight excluding hydrogens is 396 g/mol. The smallest absolute Gasteiger partial charge is 0.233 e. The lowest BCUT2D eigenvalue weighted by atomic mass is 10.2. The monoisotopic (exact) mass is 430 g/mol. The summed E-state index contributed by atoms with van der Waals surface area (Å²) < 4.78 is 8.06. The fourth-order valence-electron chi connectivity index (χ4n) is 3.59. The third-order valence-corrected chi connectivity index (χ3v) is 6.28. The Bertz CT molecular complexity index is 796. The van der Waals surface area contributed by atoms with Crippen molar-refractivity contribution in [3.05, 3.63) is 35.7 Å². The minimum atomic E-state index is 0.204. The second kappa shape index (κ2) is 11.4. The van der Waals surface area contributed by atoms with Crippen LogP contribution in [0.5, 0.6) is 5.75 Å². The van der Waals surface area contributed by atoms with Gasteiger partial charge in [-0.25, -0.2) is 0 Å². The Morgan fingerprint density at radius 3 is 2.43 bits per heavy atom. The highest BCUT2D eigenvalue weighted by Gasteiger charge is 2.19. The van der Waals surface area contributed by atoms with Crippen LogP contribution in [0, 0.1) is 5.92 Å². The summed E-state index contributed by atoms with van der Waals surface area (Å²) >= 11 is 1.49. The fraction of sp³-hybridized carbons (Fsp3) is 0.609. The van der Waals surface area contributed by atoms with Crippen molar-refractivity contribution in [3.8, 4) is 5.75 Å². The summed E-state index contributed by atoms with van der Waals surface area (Å²) in [5, 5.41) is 9.53. The first-order valence-corrected chi connectivity index (χ1v) is 12.1. The van der Waals surface area contributed by atoms with Crippen molar-refractivity contribution in [3.63, 3.8) is 0 Å². The van der Waals surface area contributed by atoms with E-state index in [-0.39, 0.29) is 5.91 Å². The molecule has 1 aliphatic rings. The Hall–Kier alpha value is -2.02. The summed E-state index contributed by atoms with van der Waals surface area (Å²) in [5.74, 6) is 2.69. The van der Waals surface area contributed by atoms with E-state index in [4.69, 9.17) is 4.74 Å². The normalized spacial score (nSPS) is 14.7. The molecule has 0 saturated carbocycles. The summed E-state index contributed by atoms with van der Waals surface area (Å²) in [6.07, 6.45) is 5.69. The van der Waals surface area contributed by atoms with Crippen LogP contribution in [-0.2, 0) is 24.4 Å². The molecule has 1 aromatic heterocycles. The van der Waals surface area contributed by atoms with Gasteiger partial charge in [-0.2, -0.15) is 0 Å². The van der Waals surface area contributed by atoms with Crippen LogP contribution in [0.4, 0.5) is 0 Å². The van der Waals surface area contributed by atoms with Gasteiger partial charge < -0.3 is 14.2 Å². The molecule has 2 heterocycles. The van der Waals surface area contributed by atoms with Crippen LogP contribution < -0.4 is 4.74 Å². The first kappa shape index (κ1) is 22.7. The van der Waals surface area contributed by atoms with Crippen LogP contribution in [0.25, 0.3) is 0 Å². The number of nitrogens with zero attached hydrogens (tertiary/aromatic N) is 4. The second-order valence-corrected chi connectivity index (χ2v) is 9.22. The summed E-state index contributed by atoms with van der Waals surface area (Å²) in [6, 6.07) is 8.17. The lowest BCUT2D eigenvalue weighted by Gasteiger charge is -2.20. The third kappa shape index (κ3) is 6.49. The quantitative estimate of drug-likeness (QED) is 0.546. The van der Waals surface area contributed by atoms with Gasteiger partial charge in [-0.1, -0.05) is 57.5 Å². The fourth-order valence-corrected chi connectivity index (χ4v) is 4.46. The van der Waals surface area contributed by atoms with E-state index >= 15 is 0 Å². The highest BCUT2D eigenvalue weighted by atomic mass is 32.2. The van der Waals surface area contributed by atoms with Crippen molar-refractivity contribution in [2.45, 2.75) is 71.2 Å². The van der Waals surface area contributed by atoms with Crippen molar-refractivity contribution >= 4 is 17.7 Å². The molecule has 0 N–H and O–H groups in total. The number of hydrogen-bond donors (Lipinski definition) is 0. The Kier molecular flexibility index (Phi) is 8.61. The maximum atomic E-state index is 12.7. The molecule has 0 spiro atoms. The number of benzene rings is 1. The van der Waals surface area contributed by atoms with E-state index in [0.717, 1.165) is 55.6 Å². The lowest BCUT2D eigenvalue weighted by molar-refractivity contribution is -0.128. The maximum absolute atomic E-state index is 12.7. The second-order valence-electron chi connectivity index (χ2n) is 8.27. The molecule has 164 valence electrons. The molecule has 30 heavy (non-hydrogen) atoms. The number of likely N-dealkylation sites (tertiary alicyclic amines) is 1. The largest absolute Gasteiger partial charge is 0.486 e. The standard InChI is InChI=1S/C23H34N4O2S/c1-4-19-9-11-20(12-10-19)29-16-21-24-25-23(27(21)15-18(2)3)30-17-22(28)26-13-7-5-6-8-14-26/h9-12,18H,4-8,13-17H2,1-3H3. The molecule has 3 rings (SSSR count). The Morgan fingerprint density at radius 1 is 1.10 bits per heavy atom. The van der Waals surface area contributed by atoms with Crippen LogP contribution in [-0.4, -0.2) is 44.4 Å². The first-order valence-electron chi connectivity index (χ1n) is 11.1. The number of thioether (sulfide) groups is 1. The van der Waals surface area contributed by atoms with Crippen molar-refractivity contribution in [1.82, 2.24) is 19.7 Å². The van der Waals surface area contributed by atoms with Gasteiger partial charge in [0.15, 0.2) is 11.0 Å². The van der Waals surface area contributed by atoms with E-state index in [1.807, 2.05) is 17.0 Å². The van der Waals surface area contributed by atoms with Crippen molar-refractivity contribution in [2.75, 3.05) is 18.8 Å². The zero-order valence-corrected chi connectivity index (χ0v) is 19.3. The zero-order chi connectivity index (χ0) is 21.3. The summed E-state index contributed by atoms with van der Waals surface area (Å²) in [4.78, 5) is 14.7. The molecule has 0 atom stereocenters. The number of hydrogen-bond acceptors (Lipinski definition) is 5. The Balaban J connectivity index is 1.62. The van der Waals surface area contributed by atoms with Gasteiger partial charge in [-0.05, 0) is 42.9 Å². The molecule has 0 radical (unpaired) electrons. The van der Waals surface area contributed by atoms with E-state index in [1.165, 1.54) is 30.2 Å². The molecule has 0 bridgehead atoms. The predicted octanol–water partition coefficient (Wildman–Crippen LogP) is 4.57. The highest BCUT2D eigenvalue weighted by Crippen LogP contribution is 2.22. The van der Waals surface area contributed by atoms with Crippen LogP contribution in [0.2, 0.25) is 0 Å². The molecule has 0 unspecified atom stereocenters. The summed E-state index contributed by atoms with van der Waals surface area (Å²) in [6.45, 7) is 9.42. The van der Waals surface area contributed by atoms with E-state index in [1.54, 1.807) is 0 Å². The topological polar surface area (TPSA) is 60.3 Å². The van der Waals surface area contributed by atoms with Crippen molar-refractivity contribution in [2.24, 2.45) is 5.92 Å². The number of aryl methyl sites for hydroxylation is 1. The number of amides is 1. The number of carbonyl (C=O) groups is 1. The van der Waals surface area contributed by atoms with Gasteiger partial charge in [-0.15, -0.1) is 10.2 Å². The van der Waals surface area contributed by atoms with E-state index < -0.39 is 0 Å². The molecule has 1 aliphatic heterocycles. The van der Waals surface area contributed by atoms with E-state index in [0.29, 0.717) is 18.3 Å². The molecular formula is C23H34N4O2S. The molecule has 1 aromatic carbocycles. The Labute approximate surface area is 184 Å². The average Bonchev–Trinajstić information content (AvgIpc) is 2.94. The lowest BCUT2D eigenvalue weighted by Crippen LogP contribution is -2.33.